The van der Waals surface area contributed by atoms with Gasteiger partial charge in [0.1, 0.15) is 5.82 Å². The third-order valence-corrected chi connectivity index (χ3v) is 3.23. The third-order valence-electron chi connectivity index (χ3n) is 3.23. The maximum atomic E-state index is 13.4. The number of hydrogen-bond acceptors (Lipinski definition) is 1. The van der Waals surface area contributed by atoms with Gasteiger partial charge in [-0.25, -0.2) is 13.2 Å². The fourth-order valence-electron chi connectivity index (χ4n) is 2.36. The SMILES string of the molecule is CC1(c2cccc(F)c2C(F)F)CCCN1. The minimum atomic E-state index is -2.77. The summed E-state index contributed by atoms with van der Waals surface area (Å²) in [6.07, 6.45) is -1.08. The monoisotopic (exact) mass is 229 g/mol. The van der Waals surface area contributed by atoms with Crippen molar-refractivity contribution in [2.24, 2.45) is 0 Å². The van der Waals surface area contributed by atoms with Crippen LogP contribution in [-0.2, 0) is 5.54 Å². The zero-order valence-electron chi connectivity index (χ0n) is 9.06. The van der Waals surface area contributed by atoms with E-state index in [4.69, 9.17) is 0 Å². The molecule has 1 heterocycles. The highest BCUT2D eigenvalue weighted by Gasteiger charge is 2.34. The molecule has 1 aromatic rings. The Morgan fingerprint density at radius 3 is 2.69 bits per heavy atom. The highest BCUT2D eigenvalue weighted by atomic mass is 19.3. The lowest BCUT2D eigenvalue weighted by Crippen LogP contribution is -2.34. The van der Waals surface area contributed by atoms with Gasteiger partial charge in [0, 0.05) is 5.54 Å². The van der Waals surface area contributed by atoms with Crippen LogP contribution >= 0.6 is 0 Å². The topological polar surface area (TPSA) is 12.0 Å². The fourth-order valence-corrected chi connectivity index (χ4v) is 2.36. The van der Waals surface area contributed by atoms with Gasteiger partial charge < -0.3 is 5.32 Å². The number of halogens is 3. The van der Waals surface area contributed by atoms with Gasteiger partial charge >= 0.3 is 0 Å². The molecule has 16 heavy (non-hydrogen) atoms. The summed E-state index contributed by atoms with van der Waals surface area (Å²) in [5.41, 5.74) is -0.590. The summed E-state index contributed by atoms with van der Waals surface area (Å²) in [6.45, 7) is 2.64. The van der Waals surface area contributed by atoms with E-state index >= 15 is 0 Å². The predicted octanol–water partition coefficient (Wildman–Crippen LogP) is 3.36. The Kier molecular flexibility index (Phi) is 2.93. The van der Waals surface area contributed by atoms with Gasteiger partial charge in [-0.15, -0.1) is 0 Å². The van der Waals surface area contributed by atoms with Gasteiger partial charge in [-0.3, -0.25) is 0 Å². The molecular weight excluding hydrogens is 215 g/mol. The number of alkyl halides is 2. The molecule has 0 bridgehead atoms. The number of nitrogens with one attached hydrogen (secondary N) is 1. The van der Waals surface area contributed by atoms with Crippen LogP contribution < -0.4 is 5.32 Å². The van der Waals surface area contributed by atoms with Crippen LogP contribution in [-0.4, -0.2) is 6.54 Å². The summed E-state index contributed by atoms with van der Waals surface area (Å²) in [5.74, 6) is -0.817. The molecule has 0 aliphatic carbocycles. The standard InChI is InChI=1S/C12H14F3N/c1-12(6-3-7-16-12)8-4-2-5-9(13)10(8)11(14)15/h2,4-5,11,16H,3,6-7H2,1H3. The first-order valence-electron chi connectivity index (χ1n) is 5.37. The molecule has 1 atom stereocenters. The maximum Gasteiger partial charge on any atom is 0.267 e. The number of benzene rings is 1. The van der Waals surface area contributed by atoms with Gasteiger partial charge in [0.05, 0.1) is 5.56 Å². The Hall–Kier alpha value is -1.03. The first-order valence-corrected chi connectivity index (χ1v) is 5.37. The van der Waals surface area contributed by atoms with E-state index in [-0.39, 0.29) is 0 Å². The summed E-state index contributed by atoms with van der Waals surface area (Å²) in [6, 6.07) is 4.16. The largest absolute Gasteiger partial charge is 0.308 e. The predicted molar refractivity (Wildman–Crippen MR) is 55.9 cm³/mol. The van der Waals surface area contributed by atoms with Crippen LogP contribution in [0.3, 0.4) is 0 Å². The van der Waals surface area contributed by atoms with E-state index in [9.17, 15) is 13.2 Å². The van der Waals surface area contributed by atoms with E-state index in [1.165, 1.54) is 6.07 Å². The van der Waals surface area contributed by atoms with Crippen LogP contribution in [0.4, 0.5) is 13.2 Å². The lowest BCUT2D eigenvalue weighted by Gasteiger charge is -2.27. The van der Waals surface area contributed by atoms with Crippen molar-refractivity contribution < 1.29 is 13.2 Å². The van der Waals surface area contributed by atoms with Gasteiger partial charge in [-0.05, 0) is 37.9 Å². The highest BCUT2D eigenvalue weighted by molar-refractivity contribution is 5.36. The average Bonchev–Trinajstić information content (AvgIpc) is 2.65. The van der Waals surface area contributed by atoms with Gasteiger partial charge in [0.15, 0.2) is 0 Å². The highest BCUT2D eigenvalue weighted by Crippen LogP contribution is 2.37. The lowest BCUT2D eigenvalue weighted by atomic mass is 9.87. The molecule has 1 nitrogen and oxygen atoms in total. The molecule has 1 saturated heterocycles. The van der Waals surface area contributed by atoms with Crippen molar-refractivity contribution >= 4 is 0 Å². The van der Waals surface area contributed by atoms with Crippen molar-refractivity contribution in [3.05, 3.63) is 35.1 Å². The van der Waals surface area contributed by atoms with Crippen LogP contribution in [0.15, 0.2) is 18.2 Å². The molecule has 1 aliphatic heterocycles. The molecule has 1 fully saturated rings. The zero-order valence-corrected chi connectivity index (χ0v) is 9.06. The zero-order chi connectivity index (χ0) is 11.8. The van der Waals surface area contributed by atoms with Crippen LogP contribution in [0.1, 0.15) is 37.3 Å². The van der Waals surface area contributed by atoms with Gasteiger partial charge in [-0.2, -0.15) is 0 Å². The number of rotatable bonds is 2. The minimum Gasteiger partial charge on any atom is -0.308 e. The maximum absolute atomic E-state index is 13.4. The average molecular weight is 229 g/mol. The van der Waals surface area contributed by atoms with E-state index in [2.05, 4.69) is 5.32 Å². The Balaban J connectivity index is 2.51. The molecule has 0 amide bonds. The van der Waals surface area contributed by atoms with Crippen LogP contribution in [0.5, 0.6) is 0 Å². The summed E-state index contributed by atoms with van der Waals surface area (Å²) in [7, 11) is 0. The van der Waals surface area contributed by atoms with Gasteiger partial charge in [0.2, 0.25) is 0 Å². The molecule has 1 N–H and O–H groups in total. The molecule has 0 aromatic heterocycles. The molecule has 2 rings (SSSR count). The minimum absolute atomic E-state index is 0.389. The van der Waals surface area contributed by atoms with Crippen molar-refractivity contribution in [2.45, 2.75) is 31.7 Å². The van der Waals surface area contributed by atoms with Crippen LogP contribution in [0, 0.1) is 5.82 Å². The van der Waals surface area contributed by atoms with Gasteiger partial charge in [-0.1, -0.05) is 12.1 Å². The van der Waals surface area contributed by atoms with Crippen molar-refractivity contribution in [2.75, 3.05) is 6.54 Å². The van der Waals surface area contributed by atoms with E-state index in [1.54, 1.807) is 6.07 Å². The van der Waals surface area contributed by atoms with Crippen molar-refractivity contribution in [1.82, 2.24) is 5.32 Å². The van der Waals surface area contributed by atoms with Gasteiger partial charge in [0.25, 0.3) is 6.43 Å². The summed E-state index contributed by atoms with van der Waals surface area (Å²) in [4.78, 5) is 0. The smallest absolute Gasteiger partial charge is 0.267 e. The molecule has 0 spiro atoms. The quantitative estimate of drug-likeness (QED) is 0.819. The molecule has 1 aromatic carbocycles. The van der Waals surface area contributed by atoms with E-state index < -0.39 is 23.3 Å². The molecule has 4 heteroatoms. The Labute approximate surface area is 92.7 Å². The van der Waals surface area contributed by atoms with E-state index in [0.717, 1.165) is 25.5 Å². The first kappa shape index (κ1) is 11.5. The second-order valence-corrected chi connectivity index (χ2v) is 4.36. The molecule has 1 unspecified atom stereocenters. The first-order chi connectivity index (χ1) is 7.54. The van der Waals surface area contributed by atoms with E-state index in [1.807, 2.05) is 6.92 Å². The molecule has 1 aliphatic rings. The second kappa shape index (κ2) is 4.09. The fraction of sp³-hybridized carbons (Fsp3) is 0.500. The normalized spacial score (nSPS) is 25.3. The Morgan fingerprint density at radius 1 is 1.38 bits per heavy atom. The lowest BCUT2D eigenvalue weighted by molar-refractivity contribution is 0.142. The third kappa shape index (κ3) is 1.82. The molecular formula is C12H14F3N. The molecule has 0 saturated carbocycles. The van der Waals surface area contributed by atoms with Crippen LogP contribution in [0.25, 0.3) is 0 Å². The molecule has 0 radical (unpaired) electrons. The van der Waals surface area contributed by atoms with E-state index in [0.29, 0.717) is 5.56 Å². The van der Waals surface area contributed by atoms with Crippen molar-refractivity contribution in [3.8, 4) is 0 Å². The summed E-state index contributed by atoms with van der Waals surface area (Å²) < 4.78 is 39.1. The second-order valence-electron chi connectivity index (χ2n) is 4.36. The summed E-state index contributed by atoms with van der Waals surface area (Å²) >= 11 is 0. The van der Waals surface area contributed by atoms with Crippen molar-refractivity contribution in [3.63, 3.8) is 0 Å². The van der Waals surface area contributed by atoms with Crippen molar-refractivity contribution in [1.29, 1.82) is 0 Å². The Bertz CT molecular complexity index is 384. The number of hydrogen-bond donors (Lipinski definition) is 1. The Morgan fingerprint density at radius 2 is 2.12 bits per heavy atom. The molecule has 88 valence electrons. The summed E-state index contributed by atoms with van der Waals surface area (Å²) in [5, 5.41) is 3.17. The van der Waals surface area contributed by atoms with Crippen LogP contribution in [0.2, 0.25) is 0 Å².